The minimum Gasteiger partial charge on any atom is -0.371 e. The monoisotopic (exact) mass is 368 g/mol. The third-order valence-corrected chi connectivity index (χ3v) is 4.85. The van der Waals surface area contributed by atoms with E-state index in [2.05, 4.69) is 25.3 Å². The molecule has 1 amide bonds. The first-order valence-electron chi connectivity index (χ1n) is 8.99. The van der Waals surface area contributed by atoms with E-state index in [0.717, 1.165) is 36.6 Å². The summed E-state index contributed by atoms with van der Waals surface area (Å²) in [5.41, 5.74) is 2.73. The van der Waals surface area contributed by atoms with Crippen molar-refractivity contribution in [2.24, 2.45) is 5.92 Å². The van der Waals surface area contributed by atoms with Gasteiger partial charge in [0.25, 0.3) is 11.7 Å². The largest absolute Gasteiger partial charge is 0.371 e. The minimum atomic E-state index is -0.294. The lowest BCUT2D eigenvalue weighted by atomic mass is 10.1. The second-order valence-electron chi connectivity index (χ2n) is 6.97. The van der Waals surface area contributed by atoms with Crippen molar-refractivity contribution in [1.29, 1.82) is 0 Å². The first-order valence-corrected chi connectivity index (χ1v) is 8.99. The molecule has 8 heteroatoms. The van der Waals surface area contributed by atoms with Crippen LogP contribution in [0.5, 0.6) is 0 Å². The van der Waals surface area contributed by atoms with Crippen molar-refractivity contribution in [1.82, 2.24) is 24.9 Å². The lowest BCUT2D eigenvalue weighted by Crippen LogP contribution is -2.31. The van der Waals surface area contributed by atoms with Gasteiger partial charge in [0.2, 0.25) is 5.82 Å². The Bertz CT molecular complexity index is 984. The zero-order valence-corrected chi connectivity index (χ0v) is 15.3. The van der Waals surface area contributed by atoms with Gasteiger partial charge in [-0.3, -0.25) is 4.79 Å². The van der Waals surface area contributed by atoms with Crippen LogP contribution in [-0.2, 0) is 0 Å². The number of hydrogen-bond acceptors (Lipinski definition) is 5. The molecular weight excluding hydrogens is 347 g/mol. The Kier molecular flexibility index (Phi) is 4.47. The second-order valence-corrected chi connectivity index (χ2v) is 6.97. The lowest BCUT2D eigenvalue weighted by molar-refractivity contribution is 0.0938. The minimum absolute atomic E-state index is 0.129. The smallest absolute Gasteiger partial charge is 0.291 e. The molecule has 0 bridgehead atoms. The molecule has 27 heavy (non-hydrogen) atoms. The molecule has 3 aromatic rings. The predicted molar refractivity (Wildman–Crippen MR) is 99.3 cm³/mol. The second kappa shape index (κ2) is 6.94. The first kappa shape index (κ1) is 17.4. The van der Waals surface area contributed by atoms with E-state index in [1.54, 1.807) is 16.6 Å². The zero-order valence-electron chi connectivity index (χ0n) is 15.3. The van der Waals surface area contributed by atoms with E-state index in [4.69, 9.17) is 0 Å². The van der Waals surface area contributed by atoms with Gasteiger partial charge in [0, 0.05) is 36.7 Å². The number of halogens is 1. The number of anilines is 1. The van der Waals surface area contributed by atoms with Gasteiger partial charge < -0.3 is 10.2 Å². The molecule has 1 aromatic carbocycles. The van der Waals surface area contributed by atoms with Crippen molar-refractivity contribution in [3.05, 3.63) is 53.4 Å². The van der Waals surface area contributed by atoms with Gasteiger partial charge in [0.1, 0.15) is 5.82 Å². The molecule has 1 aliphatic heterocycles. The third kappa shape index (κ3) is 3.60. The fraction of sp³-hybridized carbons (Fsp3) is 0.368. The fourth-order valence-electron chi connectivity index (χ4n) is 3.46. The Balaban J connectivity index is 1.37. The van der Waals surface area contributed by atoms with Crippen LogP contribution in [0, 0.1) is 25.6 Å². The SMILES string of the molecule is Cc1cc(C)n2nc(C(=O)NC[C@H]3CCN(c4ccc(F)cc4)C3)nc2n1. The normalized spacial score (nSPS) is 16.9. The molecule has 140 valence electrons. The Labute approximate surface area is 156 Å². The molecule has 1 atom stereocenters. The number of hydrogen-bond donors (Lipinski definition) is 1. The highest BCUT2D eigenvalue weighted by atomic mass is 19.1. The number of nitrogens with one attached hydrogen (secondary N) is 1. The first-order chi connectivity index (χ1) is 13.0. The quantitative estimate of drug-likeness (QED) is 0.764. The lowest BCUT2D eigenvalue weighted by Gasteiger charge is -2.18. The van der Waals surface area contributed by atoms with Crippen LogP contribution in [0.4, 0.5) is 10.1 Å². The van der Waals surface area contributed by atoms with Gasteiger partial charge >= 0.3 is 0 Å². The van der Waals surface area contributed by atoms with Crippen LogP contribution >= 0.6 is 0 Å². The topological polar surface area (TPSA) is 75.4 Å². The van der Waals surface area contributed by atoms with Crippen LogP contribution in [0.3, 0.4) is 0 Å². The van der Waals surface area contributed by atoms with Crippen LogP contribution in [0.15, 0.2) is 30.3 Å². The molecule has 0 spiro atoms. The maximum absolute atomic E-state index is 13.1. The Morgan fingerprint density at radius 1 is 1.26 bits per heavy atom. The van der Waals surface area contributed by atoms with E-state index in [0.29, 0.717) is 18.2 Å². The highest BCUT2D eigenvalue weighted by molar-refractivity contribution is 5.90. The van der Waals surface area contributed by atoms with E-state index in [1.165, 1.54) is 12.1 Å². The van der Waals surface area contributed by atoms with Crippen molar-refractivity contribution in [2.45, 2.75) is 20.3 Å². The average Bonchev–Trinajstić information content (AvgIpc) is 3.27. The third-order valence-electron chi connectivity index (χ3n) is 4.85. The number of carbonyl (C=O) groups excluding carboxylic acids is 1. The number of fused-ring (bicyclic) bond motifs is 1. The van der Waals surface area contributed by atoms with Gasteiger partial charge in [0.05, 0.1) is 0 Å². The number of aromatic nitrogens is 4. The summed E-state index contributed by atoms with van der Waals surface area (Å²) in [7, 11) is 0. The van der Waals surface area contributed by atoms with E-state index in [9.17, 15) is 9.18 Å². The highest BCUT2D eigenvalue weighted by Crippen LogP contribution is 2.23. The van der Waals surface area contributed by atoms with Crippen molar-refractivity contribution in [3.63, 3.8) is 0 Å². The summed E-state index contributed by atoms with van der Waals surface area (Å²) in [5, 5.41) is 7.18. The molecule has 1 saturated heterocycles. The number of benzene rings is 1. The zero-order chi connectivity index (χ0) is 19.0. The van der Waals surface area contributed by atoms with Crippen LogP contribution < -0.4 is 10.2 Å². The molecule has 1 aliphatic rings. The summed E-state index contributed by atoms with van der Waals surface area (Å²) in [6.07, 6.45) is 0.968. The van der Waals surface area contributed by atoms with Crippen molar-refractivity contribution in [3.8, 4) is 0 Å². The standard InChI is InChI=1S/C19H21FN6O/c1-12-9-13(2)26-19(22-12)23-17(24-26)18(27)21-10-14-7-8-25(11-14)16-5-3-15(20)4-6-16/h3-6,9,14H,7-8,10-11H2,1-2H3,(H,21,27)/t14-/m1/s1. The van der Waals surface area contributed by atoms with Gasteiger partial charge in [-0.05, 0) is 56.5 Å². The van der Waals surface area contributed by atoms with Gasteiger partial charge in [0.15, 0.2) is 0 Å². The predicted octanol–water partition coefficient (Wildman–Crippen LogP) is 2.14. The van der Waals surface area contributed by atoms with E-state index >= 15 is 0 Å². The van der Waals surface area contributed by atoms with E-state index in [-0.39, 0.29) is 17.5 Å². The Morgan fingerprint density at radius 2 is 2.04 bits per heavy atom. The average molecular weight is 368 g/mol. The van der Waals surface area contributed by atoms with Crippen LogP contribution in [-0.4, -0.2) is 45.1 Å². The maximum Gasteiger partial charge on any atom is 0.291 e. The number of nitrogens with zero attached hydrogens (tertiary/aromatic N) is 5. The summed E-state index contributed by atoms with van der Waals surface area (Å²) >= 11 is 0. The molecule has 0 saturated carbocycles. The van der Waals surface area contributed by atoms with E-state index in [1.807, 2.05) is 19.9 Å². The molecule has 4 rings (SSSR count). The molecular formula is C19H21FN6O. The van der Waals surface area contributed by atoms with Crippen molar-refractivity contribution in [2.75, 3.05) is 24.5 Å². The van der Waals surface area contributed by atoms with Crippen molar-refractivity contribution >= 4 is 17.4 Å². The molecule has 0 aliphatic carbocycles. The molecule has 7 nitrogen and oxygen atoms in total. The van der Waals surface area contributed by atoms with Gasteiger partial charge in [-0.1, -0.05) is 0 Å². The van der Waals surface area contributed by atoms with Crippen LogP contribution in [0.1, 0.15) is 28.4 Å². The van der Waals surface area contributed by atoms with Gasteiger partial charge in [-0.2, -0.15) is 4.98 Å². The molecule has 1 N–H and O–H groups in total. The number of aryl methyl sites for hydroxylation is 2. The number of carbonyl (C=O) groups is 1. The summed E-state index contributed by atoms with van der Waals surface area (Å²) in [5.74, 6) is 0.364. The summed E-state index contributed by atoms with van der Waals surface area (Å²) in [6.45, 7) is 6.05. The summed E-state index contributed by atoms with van der Waals surface area (Å²) < 4.78 is 14.6. The number of amides is 1. The van der Waals surface area contributed by atoms with Gasteiger partial charge in [-0.25, -0.2) is 13.9 Å². The van der Waals surface area contributed by atoms with Crippen molar-refractivity contribution < 1.29 is 9.18 Å². The molecule has 0 radical (unpaired) electrons. The maximum atomic E-state index is 13.1. The van der Waals surface area contributed by atoms with Gasteiger partial charge in [-0.15, -0.1) is 5.10 Å². The summed E-state index contributed by atoms with van der Waals surface area (Å²) in [4.78, 5) is 23.2. The number of rotatable bonds is 4. The molecule has 0 unspecified atom stereocenters. The molecule has 3 heterocycles. The Morgan fingerprint density at radius 3 is 2.81 bits per heavy atom. The molecule has 2 aromatic heterocycles. The van der Waals surface area contributed by atoms with Crippen LogP contribution in [0.2, 0.25) is 0 Å². The fourth-order valence-corrected chi connectivity index (χ4v) is 3.46. The highest BCUT2D eigenvalue weighted by Gasteiger charge is 2.24. The summed E-state index contributed by atoms with van der Waals surface area (Å²) in [6, 6.07) is 8.41. The molecule has 1 fully saturated rings. The Hall–Kier alpha value is -3.03. The van der Waals surface area contributed by atoms with Crippen LogP contribution in [0.25, 0.3) is 5.78 Å². The van der Waals surface area contributed by atoms with E-state index < -0.39 is 0 Å².